The standard InChI is InChI=1S/C19H32N2O3/c1-5-6-8-16(21-13-7-11-20-12-14-21)15-9-10-17(22-2)19(24-4)18(15)23-3/h9-10,16,20H,5-8,11-14H2,1-4H3. The van der Waals surface area contributed by atoms with E-state index < -0.39 is 0 Å². The lowest BCUT2D eigenvalue weighted by molar-refractivity contribution is 0.192. The molecule has 2 rings (SSSR count). The van der Waals surface area contributed by atoms with E-state index in [1.54, 1.807) is 21.3 Å². The Labute approximate surface area is 146 Å². The second kappa shape index (κ2) is 9.74. The third-order valence-corrected chi connectivity index (χ3v) is 4.74. The summed E-state index contributed by atoms with van der Waals surface area (Å²) in [5, 5.41) is 3.49. The summed E-state index contributed by atoms with van der Waals surface area (Å²) in [6.45, 7) is 6.55. The third kappa shape index (κ3) is 4.33. The lowest BCUT2D eigenvalue weighted by Gasteiger charge is -2.32. The van der Waals surface area contributed by atoms with Crippen molar-refractivity contribution in [3.63, 3.8) is 0 Å². The predicted molar refractivity (Wildman–Crippen MR) is 97.4 cm³/mol. The lowest BCUT2D eigenvalue weighted by Crippen LogP contribution is -2.32. The highest BCUT2D eigenvalue weighted by atomic mass is 16.5. The van der Waals surface area contributed by atoms with Gasteiger partial charge in [0.15, 0.2) is 11.5 Å². The Hall–Kier alpha value is -1.46. The predicted octanol–water partition coefficient (Wildman–Crippen LogP) is 3.24. The highest BCUT2D eigenvalue weighted by Crippen LogP contribution is 2.44. The van der Waals surface area contributed by atoms with Crippen molar-refractivity contribution in [3.05, 3.63) is 17.7 Å². The number of rotatable bonds is 8. The van der Waals surface area contributed by atoms with Crippen molar-refractivity contribution in [2.45, 2.75) is 38.6 Å². The molecule has 1 aliphatic heterocycles. The van der Waals surface area contributed by atoms with Crippen molar-refractivity contribution in [1.29, 1.82) is 0 Å². The van der Waals surface area contributed by atoms with Crippen molar-refractivity contribution in [1.82, 2.24) is 10.2 Å². The number of ether oxygens (including phenoxy) is 3. The van der Waals surface area contributed by atoms with Gasteiger partial charge >= 0.3 is 0 Å². The van der Waals surface area contributed by atoms with Gasteiger partial charge in [0.05, 0.1) is 21.3 Å². The number of nitrogens with zero attached hydrogens (tertiary/aromatic N) is 1. The molecule has 1 N–H and O–H groups in total. The van der Waals surface area contributed by atoms with E-state index in [0.29, 0.717) is 17.5 Å². The fourth-order valence-electron chi connectivity index (χ4n) is 3.50. The maximum Gasteiger partial charge on any atom is 0.203 e. The molecular weight excluding hydrogens is 304 g/mol. The molecule has 1 heterocycles. The molecule has 136 valence electrons. The van der Waals surface area contributed by atoms with Gasteiger partial charge in [-0.1, -0.05) is 19.8 Å². The van der Waals surface area contributed by atoms with Gasteiger partial charge in [0, 0.05) is 31.2 Å². The summed E-state index contributed by atoms with van der Waals surface area (Å²) in [6.07, 6.45) is 4.70. The van der Waals surface area contributed by atoms with Gasteiger partial charge in [0.2, 0.25) is 5.75 Å². The molecule has 1 fully saturated rings. The van der Waals surface area contributed by atoms with Gasteiger partial charge < -0.3 is 19.5 Å². The van der Waals surface area contributed by atoms with Crippen LogP contribution in [0.1, 0.15) is 44.2 Å². The quantitative estimate of drug-likeness (QED) is 0.789. The highest BCUT2D eigenvalue weighted by molar-refractivity contribution is 5.56. The summed E-state index contributed by atoms with van der Waals surface area (Å²) in [7, 11) is 5.04. The van der Waals surface area contributed by atoms with Gasteiger partial charge in [-0.2, -0.15) is 0 Å². The molecule has 0 aromatic heterocycles. The van der Waals surface area contributed by atoms with Crippen LogP contribution in [0.15, 0.2) is 12.1 Å². The highest BCUT2D eigenvalue weighted by Gasteiger charge is 2.27. The van der Waals surface area contributed by atoms with E-state index in [1.165, 1.54) is 24.8 Å². The molecule has 0 saturated carbocycles. The van der Waals surface area contributed by atoms with Crippen LogP contribution >= 0.6 is 0 Å². The van der Waals surface area contributed by atoms with E-state index in [2.05, 4.69) is 23.2 Å². The normalized spacial score (nSPS) is 17.2. The van der Waals surface area contributed by atoms with E-state index in [4.69, 9.17) is 14.2 Å². The average molecular weight is 336 g/mol. The van der Waals surface area contributed by atoms with Gasteiger partial charge in [-0.25, -0.2) is 0 Å². The van der Waals surface area contributed by atoms with E-state index >= 15 is 0 Å². The molecule has 1 aliphatic rings. The van der Waals surface area contributed by atoms with Crippen LogP contribution < -0.4 is 19.5 Å². The van der Waals surface area contributed by atoms with Crippen LogP contribution in [0.5, 0.6) is 17.2 Å². The maximum absolute atomic E-state index is 5.75. The Morgan fingerprint density at radius 1 is 1.04 bits per heavy atom. The van der Waals surface area contributed by atoms with Crippen molar-refractivity contribution >= 4 is 0 Å². The zero-order valence-electron chi connectivity index (χ0n) is 15.6. The Morgan fingerprint density at radius 3 is 2.50 bits per heavy atom. The van der Waals surface area contributed by atoms with Gasteiger partial charge in [-0.3, -0.25) is 4.90 Å². The van der Waals surface area contributed by atoms with Crippen molar-refractivity contribution in [3.8, 4) is 17.2 Å². The monoisotopic (exact) mass is 336 g/mol. The average Bonchev–Trinajstić information content (AvgIpc) is 2.90. The Morgan fingerprint density at radius 2 is 1.83 bits per heavy atom. The molecule has 1 atom stereocenters. The molecule has 1 unspecified atom stereocenters. The van der Waals surface area contributed by atoms with E-state index in [0.717, 1.165) is 38.3 Å². The van der Waals surface area contributed by atoms with Crippen molar-refractivity contribution in [2.24, 2.45) is 0 Å². The van der Waals surface area contributed by atoms with Gasteiger partial charge in [-0.05, 0) is 31.5 Å². The number of benzene rings is 1. The van der Waals surface area contributed by atoms with Crippen LogP contribution in [0.3, 0.4) is 0 Å². The molecule has 1 aromatic carbocycles. The number of nitrogens with one attached hydrogen (secondary N) is 1. The topological polar surface area (TPSA) is 43.0 Å². The molecule has 5 nitrogen and oxygen atoms in total. The second-order valence-corrected chi connectivity index (χ2v) is 6.22. The number of hydrogen-bond acceptors (Lipinski definition) is 5. The summed E-state index contributed by atoms with van der Waals surface area (Å²) in [6, 6.07) is 4.48. The molecule has 0 aliphatic carbocycles. The fraction of sp³-hybridized carbons (Fsp3) is 0.684. The molecule has 1 saturated heterocycles. The lowest BCUT2D eigenvalue weighted by atomic mass is 9.97. The summed E-state index contributed by atoms with van der Waals surface area (Å²) in [4.78, 5) is 2.58. The molecular formula is C19H32N2O3. The molecule has 0 amide bonds. The molecule has 0 radical (unpaired) electrons. The smallest absolute Gasteiger partial charge is 0.203 e. The molecule has 0 spiro atoms. The Bertz CT molecular complexity index is 500. The Balaban J connectivity index is 2.40. The second-order valence-electron chi connectivity index (χ2n) is 6.22. The first-order chi connectivity index (χ1) is 11.8. The SMILES string of the molecule is CCCCC(c1ccc(OC)c(OC)c1OC)N1CCCNCC1. The number of hydrogen-bond donors (Lipinski definition) is 1. The number of methoxy groups -OCH3 is 3. The van der Waals surface area contributed by atoms with Crippen LogP contribution in [0.25, 0.3) is 0 Å². The van der Waals surface area contributed by atoms with Crippen LogP contribution in [0, 0.1) is 0 Å². The van der Waals surface area contributed by atoms with Crippen LogP contribution in [-0.4, -0.2) is 52.4 Å². The summed E-state index contributed by atoms with van der Waals surface area (Å²) >= 11 is 0. The van der Waals surface area contributed by atoms with Crippen LogP contribution in [-0.2, 0) is 0 Å². The maximum atomic E-state index is 5.75. The molecule has 24 heavy (non-hydrogen) atoms. The molecule has 5 heteroatoms. The zero-order valence-corrected chi connectivity index (χ0v) is 15.6. The van der Waals surface area contributed by atoms with Gasteiger partial charge in [-0.15, -0.1) is 0 Å². The van der Waals surface area contributed by atoms with Gasteiger partial charge in [0.1, 0.15) is 0 Å². The minimum absolute atomic E-state index is 0.347. The minimum Gasteiger partial charge on any atom is -0.493 e. The van der Waals surface area contributed by atoms with E-state index in [-0.39, 0.29) is 0 Å². The Kier molecular flexibility index (Phi) is 7.66. The summed E-state index contributed by atoms with van der Waals surface area (Å²) < 4.78 is 16.8. The first-order valence-electron chi connectivity index (χ1n) is 9.00. The van der Waals surface area contributed by atoms with Crippen molar-refractivity contribution < 1.29 is 14.2 Å². The first kappa shape index (κ1) is 18.9. The van der Waals surface area contributed by atoms with Crippen LogP contribution in [0.4, 0.5) is 0 Å². The van der Waals surface area contributed by atoms with Crippen molar-refractivity contribution in [2.75, 3.05) is 47.5 Å². The number of unbranched alkanes of at least 4 members (excludes halogenated alkanes) is 1. The van der Waals surface area contributed by atoms with Gasteiger partial charge in [0.25, 0.3) is 0 Å². The zero-order chi connectivity index (χ0) is 17.4. The fourth-order valence-corrected chi connectivity index (χ4v) is 3.50. The summed E-state index contributed by atoms with van der Waals surface area (Å²) in [5.74, 6) is 2.20. The van der Waals surface area contributed by atoms with E-state index in [9.17, 15) is 0 Å². The first-order valence-corrected chi connectivity index (χ1v) is 9.00. The largest absolute Gasteiger partial charge is 0.493 e. The molecule has 0 bridgehead atoms. The van der Waals surface area contributed by atoms with E-state index in [1.807, 2.05) is 6.07 Å². The minimum atomic E-state index is 0.347. The molecule has 1 aromatic rings. The third-order valence-electron chi connectivity index (χ3n) is 4.74. The van der Waals surface area contributed by atoms with Crippen LogP contribution in [0.2, 0.25) is 0 Å². The summed E-state index contributed by atoms with van der Waals surface area (Å²) in [5.41, 5.74) is 1.20.